The molecule has 0 spiro atoms. The van der Waals surface area contributed by atoms with Crippen LogP contribution in [0.15, 0.2) is 24.3 Å². The van der Waals surface area contributed by atoms with E-state index in [2.05, 4.69) is 5.32 Å². The number of rotatable bonds is 5. The van der Waals surface area contributed by atoms with Gasteiger partial charge in [-0.3, -0.25) is 4.79 Å². The summed E-state index contributed by atoms with van der Waals surface area (Å²) in [4.78, 5) is 11.3. The van der Waals surface area contributed by atoms with Gasteiger partial charge in [0.1, 0.15) is 11.9 Å². The predicted octanol–water partition coefficient (Wildman–Crippen LogP) is 1.35. The number of carbonyl (C=O) groups excluding carboxylic acids is 1. The average molecular weight is 222 g/mol. The predicted molar refractivity (Wildman–Crippen MR) is 59.1 cm³/mol. The van der Waals surface area contributed by atoms with Gasteiger partial charge in [-0.1, -0.05) is 12.1 Å². The lowest BCUT2D eigenvalue weighted by Gasteiger charge is -2.15. The first-order chi connectivity index (χ1) is 7.66. The molecule has 0 bridgehead atoms. The second kappa shape index (κ2) is 4.61. The molecule has 2 rings (SSSR count). The van der Waals surface area contributed by atoms with Crippen LogP contribution in [-0.4, -0.2) is 12.5 Å². The number of amides is 1. The molecule has 1 unspecified atom stereocenters. The Labute approximate surface area is 93.8 Å². The van der Waals surface area contributed by atoms with Gasteiger partial charge in [0.2, 0.25) is 5.91 Å². The van der Waals surface area contributed by atoms with Gasteiger partial charge in [-0.2, -0.15) is 0 Å². The summed E-state index contributed by atoms with van der Waals surface area (Å²) in [6.45, 7) is 0.768. The van der Waals surface area contributed by atoms with Crippen molar-refractivity contribution in [3.8, 4) is 0 Å². The van der Waals surface area contributed by atoms with Crippen molar-refractivity contribution >= 4 is 5.91 Å². The van der Waals surface area contributed by atoms with Crippen molar-refractivity contribution in [3.63, 3.8) is 0 Å². The molecule has 1 aliphatic rings. The fraction of sp³-hybridized carbons (Fsp3) is 0.417. The zero-order valence-corrected chi connectivity index (χ0v) is 8.95. The van der Waals surface area contributed by atoms with Crippen molar-refractivity contribution in [1.29, 1.82) is 0 Å². The van der Waals surface area contributed by atoms with Gasteiger partial charge in [-0.15, -0.1) is 0 Å². The fourth-order valence-electron chi connectivity index (χ4n) is 1.68. The molecule has 1 aromatic rings. The van der Waals surface area contributed by atoms with Crippen LogP contribution >= 0.6 is 0 Å². The highest BCUT2D eigenvalue weighted by Crippen LogP contribution is 2.28. The van der Waals surface area contributed by atoms with Gasteiger partial charge in [-0.25, -0.2) is 4.39 Å². The minimum atomic E-state index is -0.587. The molecule has 0 aromatic heterocycles. The second-order valence-corrected chi connectivity index (χ2v) is 4.24. The number of hydrogen-bond acceptors (Lipinski definition) is 2. The summed E-state index contributed by atoms with van der Waals surface area (Å²) in [7, 11) is 0. The van der Waals surface area contributed by atoms with Crippen LogP contribution in [0.5, 0.6) is 0 Å². The second-order valence-electron chi connectivity index (χ2n) is 4.24. The molecule has 86 valence electrons. The first-order valence-corrected chi connectivity index (χ1v) is 5.45. The summed E-state index contributed by atoms with van der Waals surface area (Å²) < 4.78 is 13.0. The first-order valence-electron chi connectivity index (χ1n) is 5.45. The molecule has 0 aliphatic heterocycles. The Balaban J connectivity index is 2.07. The highest BCUT2D eigenvalue weighted by atomic mass is 19.1. The summed E-state index contributed by atoms with van der Waals surface area (Å²) in [6, 6.07) is 5.39. The van der Waals surface area contributed by atoms with E-state index in [4.69, 9.17) is 5.73 Å². The average Bonchev–Trinajstić information content (AvgIpc) is 3.01. The van der Waals surface area contributed by atoms with E-state index in [1.54, 1.807) is 12.1 Å². The topological polar surface area (TPSA) is 55.1 Å². The molecule has 1 atom stereocenters. The van der Waals surface area contributed by atoms with Crippen LogP contribution in [0.4, 0.5) is 4.39 Å². The lowest BCUT2D eigenvalue weighted by Crippen LogP contribution is -2.34. The largest absolute Gasteiger partial charge is 0.368 e. The Morgan fingerprint density at radius 1 is 1.56 bits per heavy atom. The molecule has 1 saturated carbocycles. The van der Waals surface area contributed by atoms with Crippen LogP contribution in [0.25, 0.3) is 0 Å². The summed E-state index contributed by atoms with van der Waals surface area (Å²) in [5.74, 6) is -0.168. The molecular formula is C12H15FN2O. The minimum Gasteiger partial charge on any atom is -0.368 e. The molecule has 1 aliphatic carbocycles. The Morgan fingerprint density at radius 2 is 2.31 bits per heavy atom. The molecule has 1 fully saturated rings. The third-order valence-corrected chi connectivity index (χ3v) is 2.77. The standard InChI is InChI=1S/C12H15FN2O/c13-10-3-1-2-9(6-10)11(12(14)16)15-7-8-4-5-8/h1-3,6,8,11,15H,4-5,7H2,(H2,14,16). The monoisotopic (exact) mass is 222 g/mol. The molecule has 1 amide bonds. The van der Waals surface area contributed by atoms with Crippen molar-refractivity contribution in [2.24, 2.45) is 11.7 Å². The van der Waals surface area contributed by atoms with Gasteiger partial charge in [0.25, 0.3) is 0 Å². The van der Waals surface area contributed by atoms with Crippen LogP contribution in [0.2, 0.25) is 0 Å². The summed E-state index contributed by atoms with van der Waals surface area (Å²) in [6.07, 6.45) is 2.39. The van der Waals surface area contributed by atoms with Crippen molar-refractivity contribution in [2.45, 2.75) is 18.9 Å². The molecule has 3 N–H and O–H groups in total. The molecule has 0 radical (unpaired) electrons. The van der Waals surface area contributed by atoms with Crippen LogP contribution in [0.1, 0.15) is 24.4 Å². The molecule has 0 saturated heterocycles. The van der Waals surface area contributed by atoms with E-state index in [1.165, 1.54) is 25.0 Å². The Bertz CT molecular complexity index is 390. The molecule has 0 heterocycles. The van der Waals surface area contributed by atoms with E-state index in [1.807, 2.05) is 0 Å². The Kier molecular flexibility index (Phi) is 3.19. The number of carbonyl (C=O) groups is 1. The number of halogens is 1. The van der Waals surface area contributed by atoms with E-state index < -0.39 is 11.9 Å². The van der Waals surface area contributed by atoms with E-state index in [0.29, 0.717) is 11.5 Å². The highest BCUT2D eigenvalue weighted by Gasteiger charge is 2.24. The van der Waals surface area contributed by atoms with Crippen LogP contribution in [-0.2, 0) is 4.79 Å². The number of primary amides is 1. The van der Waals surface area contributed by atoms with Gasteiger partial charge < -0.3 is 11.1 Å². The quantitative estimate of drug-likeness (QED) is 0.790. The molecule has 3 nitrogen and oxygen atoms in total. The van der Waals surface area contributed by atoms with Gasteiger partial charge in [0, 0.05) is 0 Å². The molecule has 4 heteroatoms. The van der Waals surface area contributed by atoms with Gasteiger partial charge >= 0.3 is 0 Å². The van der Waals surface area contributed by atoms with Gasteiger partial charge in [0.15, 0.2) is 0 Å². The number of nitrogens with two attached hydrogens (primary N) is 1. The summed E-state index contributed by atoms with van der Waals surface area (Å²) in [5.41, 5.74) is 5.89. The molecular weight excluding hydrogens is 207 g/mol. The van der Waals surface area contributed by atoms with Crippen LogP contribution in [0, 0.1) is 11.7 Å². The number of hydrogen-bond donors (Lipinski definition) is 2. The zero-order chi connectivity index (χ0) is 11.5. The maximum Gasteiger partial charge on any atom is 0.239 e. The van der Waals surface area contributed by atoms with E-state index in [0.717, 1.165) is 6.54 Å². The number of nitrogens with one attached hydrogen (secondary N) is 1. The smallest absolute Gasteiger partial charge is 0.239 e. The third kappa shape index (κ3) is 2.79. The van der Waals surface area contributed by atoms with Crippen molar-refractivity contribution in [2.75, 3.05) is 6.54 Å². The molecule has 16 heavy (non-hydrogen) atoms. The highest BCUT2D eigenvalue weighted by molar-refractivity contribution is 5.81. The molecule has 1 aromatic carbocycles. The van der Waals surface area contributed by atoms with Crippen molar-refractivity contribution in [1.82, 2.24) is 5.32 Å². The maximum absolute atomic E-state index is 13.0. The normalized spacial score (nSPS) is 17.1. The number of benzene rings is 1. The maximum atomic E-state index is 13.0. The SMILES string of the molecule is NC(=O)C(NCC1CC1)c1cccc(F)c1. The van der Waals surface area contributed by atoms with Gasteiger partial charge in [0.05, 0.1) is 0 Å². The minimum absolute atomic E-state index is 0.350. The lowest BCUT2D eigenvalue weighted by molar-refractivity contribution is -0.120. The van der Waals surface area contributed by atoms with Gasteiger partial charge in [-0.05, 0) is 43.0 Å². The lowest BCUT2D eigenvalue weighted by atomic mass is 10.1. The van der Waals surface area contributed by atoms with E-state index in [9.17, 15) is 9.18 Å². The van der Waals surface area contributed by atoms with E-state index in [-0.39, 0.29) is 5.82 Å². The fourth-order valence-corrected chi connectivity index (χ4v) is 1.68. The first kappa shape index (κ1) is 11.1. The third-order valence-electron chi connectivity index (χ3n) is 2.77. The Hall–Kier alpha value is -1.42. The summed E-state index contributed by atoms with van der Waals surface area (Å²) >= 11 is 0. The van der Waals surface area contributed by atoms with Crippen LogP contribution in [0.3, 0.4) is 0 Å². The Morgan fingerprint density at radius 3 is 2.88 bits per heavy atom. The van der Waals surface area contributed by atoms with Crippen molar-refractivity contribution in [3.05, 3.63) is 35.6 Å². The van der Waals surface area contributed by atoms with E-state index >= 15 is 0 Å². The zero-order valence-electron chi connectivity index (χ0n) is 8.95. The summed E-state index contributed by atoms with van der Waals surface area (Å²) in [5, 5.41) is 3.08. The van der Waals surface area contributed by atoms with Crippen LogP contribution < -0.4 is 11.1 Å². The van der Waals surface area contributed by atoms with Crippen molar-refractivity contribution < 1.29 is 9.18 Å².